The van der Waals surface area contributed by atoms with Crippen LogP contribution in [0.3, 0.4) is 0 Å². The number of carboxylic acids is 1. The highest BCUT2D eigenvalue weighted by Crippen LogP contribution is 1.93. The predicted molar refractivity (Wildman–Crippen MR) is 47.3 cm³/mol. The summed E-state index contributed by atoms with van der Waals surface area (Å²) >= 11 is 0. The van der Waals surface area contributed by atoms with E-state index in [0.29, 0.717) is 5.69 Å². The Labute approximate surface area is 80.5 Å². The summed E-state index contributed by atoms with van der Waals surface area (Å²) in [5.41, 5.74) is 0.700. The first kappa shape index (κ1) is 10.2. The van der Waals surface area contributed by atoms with Gasteiger partial charge in [0.25, 0.3) is 0 Å². The molecule has 0 aliphatic heterocycles. The molecule has 1 aromatic rings. The Balaban J connectivity index is 2.34. The van der Waals surface area contributed by atoms with Gasteiger partial charge in [-0.15, -0.1) is 0 Å². The van der Waals surface area contributed by atoms with Crippen molar-refractivity contribution in [1.82, 2.24) is 15.1 Å². The number of aryl methyl sites for hydroxylation is 1. The first-order chi connectivity index (χ1) is 6.58. The second-order valence-corrected chi connectivity index (χ2v) is 2.83. The molecule has 6 heteroatoms. The lowest BCUT2D eigenvalue weighted by Crippen LogP contribution is -2.25. The van der Waals surface area contributed by atoms with E-state index < -0.39 is 18.3 Å². The van der Waals surface area contributed by atoms with Gasteiger partial charge >= 0.3 is 5.97 Å². The monoisotopic (exact) mass is 197 g/mol. The maximum Gasteiger partial charge on any atom is 0.312 e. The number of aromatic nitrogens is 2. The van der Waals surface area contributed by atoms with Crippen LogP contribution in [0.4, 0.5) is 0 Å². The van der Waals surface area contributed by atoms with Gasteiger partial charge in [0.15, 0.2) is 0 Å². The SMILES string of the molecule is Cn1ccc(CNC(=O)CC(=O)O)n1. The molecular formula is C8H11N3O3. The minimum Gasteiger partial charge on any atom is -0.481 e. The largest absolute Gasteiger partial charge is 0.481 e. The third kappa shape index (κ3) is 3.26. The molecular weight excluding hydrogens is 186 g/mol. The number of hydrogen-bond donors (Lipinski definition) is 2. The van der Waals surface area contributed by atoms with Crippen molar-refractivity contribution in [2.24, 2.45) is 7.05 Å². The molecule has 0 fully saturated rings. The van der Waals surface area contributed by atoms with Gasteiger partial charge in [-0.2, -0.15) is 5.10 Å². The minimum absolute atomic E-state index is 0.257. The predicted octanol–water partition coefficient (Wildman–Crippen LogP) is -0.489. The maximum atomic E-state index is 10.9. The summed E-state index contributed by atoms with van der Waals surface area (Å²) in [6, 6.07) is 1.75. The standard InChI is InChI=1S/C8H11N3O3/c1-11-3-2-6(10-11)5-9-7(12)4-8(13)14/h2-3H,4-5H2,1H3,(H,9,12)(H,13,14). The van der Waals surface area contributed by atoms with E-state index in [4.69, 9.17) is 5.11 Å². The number of nitrogens with one attached hydrogen (secondary N) is 1. The van der Waals surface area contributed by atoms with E-state index in [2.05, 4.69) is 10.4 Å². The van der Waals surface area contributed by atoms with E-state index in [1.807, 2.05) is 0 Å². The number of hydrogen-bond acceptors (Lipinski definition) is 3. The average Bonchev–Trinajstić information content (AvgIpc) is 2.47. The van der Waals surface area contributed by atoms with Crippen LogP contribution in [0.5, 0.6) is 0 Å². The number of aliphatic carboxylic acids is 1. The molecule has 76 valence electrons. The summed E-state index contributed by atoms with van der Waals surface area (Å²) in [5, 5.41) is 14.8. The Morgan fingerprint density at radius 2 is 2.36 bits per heavy atom. The Morgan fingerprint density at radius 1 is 1.64 bits per heavy atom. The van der Waals surface area contributed by atoms with Crippen LogP contribution < -0.4 is 5.32 Å². The summed E-state index contributed by atoms with van der Waals surface area (Å²) in [4.78, 5) is 21.1. The van der Waals surface area contributed by atoms with Gasteiger partial charge in [-0.1, -0.05) is 0 Å². The van der Waals surface area contributed by atoms with Crippen molar-refractivity contribution in [2.45, 2.75) is 13.0 Å². The van der Waals surface area contributed by atoms with Gasteiger partial charge in [0.05, 0.1) is 12.2 Å². The number of amides is 1. The van der Waals surface area contributed by atoms with E-state index in [-0.39, 0.29) is 6.54 Å². The molecule has 1 aromatic heterocycles. The zero-order valence-corrected chi connectivity index (χ0v) is 7.73. The zero-order valence-electron chi connectivity index (χ0n) is 7.73. The van der Waals surface area contributed by atoms with Crippen molar-refractivity contribution < 1.29 is 14.7 Å². The van der Waals surface area contributed by atoms with Crippen molar-refractivity contribution in [3.8, 4) is 0 Å². The molecule has 6 nitrogen and oxygen atoms in total. The number of rotatable bonds is 4. The van der Waals surface area contributed by atoms with Gasteiger partial charge in [0, 0.05) is 13.2 Å². The van der Waals surface area contributed by atoms with Crippen LogP contribution in [-0.4, -0.2) is 26.8 Å². The van der Waals surface area contributed by atoms with E-state index >= 15 is 0 Å². The number of carboxylic acid groups (broad SMARTS) is 1. The summed E-state index contributed by atoms with van der Waals surface area (Å²) < 4.78 is 1.61. The average molecular weight is 197 g/mol. The molecule has 0 spiro atoms. The van der Waals surface area contributed by atoms with Gasteiger partial charge in [-0.05, 0) is 6.07 Å². The number of carbonyl (C=O) groups excluding carboxylic acids is 1. The van der Waals surface area contributed by atoms with Crippen molar-refractivity contribution in [3.63, 3.8) is 0 Å². The van der Waals surface area contributed by atoms with Crippen LogP contribution in [0, 0.1) is 0 Å². The van der Waals surface area contributed by atoms with Crippen molar-refractivity contribution in [1.29, 1.82) is 0 Å². The van der Waals surface area contributed by atoms with Gasteiger partial charge in [0.1, 0.15) is 6.42 Å². The molecule has 1 heterocycles. The minimum atomic E-state index is -1.14. The summed E-state index contributed by atoms with van der Waals surface area (Å²) in [5.74, 6) is -1.65. The molecule has 0 aliphatic carbocycles. The fourth-order valence-corrected chi connectivity index (χ4v) is 0.946. The lowest BCUT2D eigenvalue weighted by atomic mass is 10.4. The van der Waals surface area contributed by atoms with Gasteiger partial charge in [0.2, 0.25) is 5.91 Å². The first-order valence-corrected chi connectivity index (χ1v) is 4.05. The van der Waals surface area contributed by atoms with E-state index in [9.17, 15) is 9.59 Å². The second-order valence-electron chi connectivity index (χ2n) is 2.83. The Kier molecular flexibility index (Phi) is 3.22. The highest BCUT2D eigenvalue weighted by atomic mass is 16.4. The summed E-state index contributed by atoms with van der Waals surface area (Å²) in [7, 11) is 1.77. The molecule has 0 aromatic carbocycles. The molecule has 0 radical (unpaired) electrons. The van der Waals surface area contributed by atoms with Crippen molar-refractivity contribution in [2.75, 3.05) is 0 Å². The van der Waals surface area contributed by atoms with Gasteiger partial charge < -0.3 is 10.4 Å². The van der Waals surface area contributed by atoms with Crippen LogP contribution in [0.1, 0.15) is 12.1 Å². The first-order valence-electron chi connectivity index (χ1n) is 4.05. The number of carbonyl (C=O) groups is 2. The Morgan fingerprint density at radius 3 is 2.86 bits per heavy atom. The van der Waals surface area contributed by atoms with Crippen molar-refractivity contribution >= 4 is 11.9 Å². The van der Waals surface area contributed by atoms with E-state index in [1.165, 1.54) is 0 Å². The van der Waals surface area contributed by atoms with Crippen LogP contribution in [-0.2, 0) is 23.2 Å². The summed E-state index contributed by atoms with van der Waals surface area (Å²) in [6.45, 7) is 0.257. The third-order valence-corrected chi connectivity index (χ3v) is 1.55. The summed E-state index contributed by atoms with van der Waals surface area (Å²) in [6.07, 6.45) is 1.24. The molecule has 1 rings (SSSR count). The molecule has 2 N–H and O–H groups in total. The smallest absolute Gasteiger partial charge is 0.312 e. The normalized spacial score (nSPS) is 9.79. The molecule has 14 heavy (non-hydrogen) atoms. The van der Waals surface area contributed by atoms with E-state index in [1.54, 1.807) is 24.0 Å². The van der Waals surface area contributed by atoms with Crippen LogP contribution in [0.2, 0.25) is 0 Å². The zero-order chi connectivity index (χ0) is 10.6. The molecule has 1 amide bonds. The quantitative estimate of drug-likeness (QED) is 0.638. The highest BCUT2D eigenvalue weighted by molar-refractivity contribution is 5.93. The lowest BCUT2D eigenvalue weighted by molar-refractivity contribution is -0.140. The maximum absolute atomic E-state index is 10.9. The van der Waals surface area contributed by atoms with Gasteiger partial charge in [-0.3, -0.25) is 14.3 Å². The highest BCUT2D eigenvalue weighted by Gasteiger charge is 2.07. The Bertz CT molecular complexity index is 345. The topological polar surface area (TPSA) is 84.2 Å². The van der Waals surface area contributed by atoms with Crippen molar-refractivity contribution in [3.05, 3.63) is 18.0 Å². The van der Waals surface area contributed by atoms with Crippen LogP contribution in [0.25, 0.3) is 0 Å². The molecule has 0 aliphatic rings. The molecule has 0 saturated heterocycles. The fraction of sp³-hybridized carbons (Fsp3) is 0.375. The number of nitrogens with zero attached hydrogens (tertiary/aromatic N) is 2. The lowest BCUT2D eigenvalue weighted by Gasteiger charge is -1.99. The van der Waals surface area contributed by atoms with Crippen LogP contribution >= 0.6 is 0 Å². The molecule has 0 saturated carbocycles. The van der Waals surface area contributed by atoms with Gasteiger partial charge in [-0.25, -0.2) is 0 Å². The van der Waals surface area contributed by atoms with E-state index in [0.717, 1.165) is 0 Å². The molecule has 0 atom stereocenters. The van der Waals surface area contributed by atoms with Crippen LogP contribution in [0.15, 0.2) is 12.3 Å². The third-order valence-electron chi connectivity index (χ3n) is 1.55. The fourth-order valence-electron chi connectivity index (χ4n) is 0.946. The Hall–Kier alpha value is -1.85. The molecule has 0 bridgehead atoms. The second kappa shape index (κ2) is 4.40. The molecule has 0 unspecified atom stereocenters.